The second kappa shape index (κ2) is 6.49. The molecule has 1 aliphatic rings. The Balaban J connectivity index is 2.19. The molecule has 1 fully saturated rings. The molecule has 0 aromatic heterocycles. The molecule has 1 rings (SSSR count). The highest BCUT2D eigenvalue weighted by Crippen LogP contribution is 2.24. The highest BCUT2D eigenvalue weighted by Gasteiger charge is 2.21. The van der Waals surface area contributed by atoms with Crippen molar-refractivity contribution in [1.29, 1.82) is 0 Å². The van der Waals surface area contributed by atoms with E-state index in [1.54, 1.807) is 0 Å². The van der Waals surface area contributed by atoms with Crippen LogP contribution >= 0.6 is 0 Å². The Morgan fingerprint density at radius 1 is 1.20 bits per heavy atom. The van der Waals surface area contributed by atoms with Gasteiger partial charge in [-0.3, -0.25) is 0 Å². The predicted octanol–water partition coefficient (Wildman–Crippen LogP) is 2.21. The molecule has 2 heteroatoms. The Kier molecular flexibility index (Phi) is 5.62. The number of hydrogen-bond acceptors (Lipinski definition) is 2. The van der Waals surface area contributed by atoms with Crippen LogP contribution in [0.25, 0.3) is 0 Å². The van der Waals surface area contributed by atoms with Crippen LogP contribution in [0.3, 0.4) is 0 Å². The Morgan fingerprint density at radius 2 is 1.80 bits per heavy atom. The third kappa shape index (κ3) is 4.52. The van der Waals surface area contributed by atoms with E-state index in [1.807, 2.05) is 7.05 Å². The molecule has 0 aromatic carbocycles. The Morgan fingerprint density at radius 3 is 2.27 bits per heavy atom. The summed E-state index contributed by atoms with van der Waals surface area (Å²) in [6.45, 7) is 12.1. The van der Waals surface area contributed by atoms with E-state index in [1.165, 1.54) is 32.5 Å². The van der Waals surface area contributed by atoms with E-state index in [9.17, 15) is 0 Å². The van der Waals surface area contributed by atoms with Crippen LogP contribution in [0.2, 0.25) is 0 Å². The van der Waals surface area contributed by atoms with Crippen molar-refractivity contribution in [2.24, 2.45) is 17.8 Å². The maximum Gasteiger partial charge on any atom is 0.00191 e. The van der Waals surface area contributed by atoms with Crippen LogP contribution in [0.15, 0.2) is 0 Å². The third-order valence-corrected chi connectivity index (χ3v) is 3.70. The van der Waals surface area contributed by atoms with Crippen molar-refractivity contribution in [3.8, 4) is 0 Å². The van der Waals surface area contributed by atoms with Gasteiger partial charge in [0.25, 0.3) is 0 Å². The summed E-state index contributed by atoms with van der Waals surface area (Å²) < 4.78 is 0. The zero-order valence-electron chi connectivity index (χ0n) is 10.9. The molecule has 1 saturated heterocycles. The van der Waals surface area contributed by atoms with Crippen LogP contribution in [-0.4, -0.2) is 38.1 Å². The highest BCUT2D eigenvalue weighted by molar-refractivity contribution is 4.75. The van der Waals surface area contributed by atoms with E-state index in [-0.39, 0.29) is 0 Å². The minimum Gasteiger partial charge on any atom is -0.319 e. The van der Waals surface area contributed by atoms with Gasteiger partial charge in [0.1, 0.15) is 0 Å². The van der Waals surface area contributed by atoms with Crippen molar-refractivity contribution in [1.82, 2.24) is 10.2 Å². The molecule has 0 aliphatic carbocycles. The van der Waals surface area contributed by atoms with E-state index in [0.29, 0.717) is 0 Å². The molecule has 0 bridgehead atoms. The van der Waals surface area contributed by atoms with Crippen LogP contribution in [-0.2, 0) is 0 Å². The maximum atomic E-state index is 3.26. The van der Waals surface area contributed by atoms with Gasteiger partial charge in [-0.2, -0.15) is 0 Å². The van der Waals surface area contributed by atoms with E-state index in [0.717, 1.165) is 24.3 Å². The lowest BCUT2D eigenvalue weighted by molar-refractivity contribution is 0.142. The van der Waals surface area contributed by atoms with Gasteiger partial charge < -0.3 is 10.2 Å². The van der Waals surface area contributed by atoms with Crippen molar-refractivity contribution in [2.75, 3.05) is 33.2 Å². The molecule has 1 atom stereocenters. The molecule has 15 heavy (non-hydrogen) atoms. The van der Waals surface area contributed by atoms with Crippen molar-refractivity contribution in [3.63, 3.8) is 0 Å². The summed E-state index contributed by atoms with van der Waals surface area (Å²) in [4.78, 5) is 2.64. The van der Waals surface area contributed by atoms with Gasteiger partial charge in [0.2, 0.25) is 0 Å². The minimum absolute atomic E-state index is 0.783. The number of likely N-dealkylation sites (tertiary alicyclic amines) is 1. The van der Waals surface area contributed by atoms with Crippen LogP contribution in [0.5, 0.6) is 0 Å². The number of piperidine rings is 1. The summed E-state index contributed by atoms with van der Waals surface area (Å²) in [5.41, 5.74) is 0. The van der Waals surface area contributed by atoms with Crippen LogP contribution < -0.4 is 5.32 Å². The predicted molar refractivity (Wildman–Crippen MR) is 67.1 cm³/mol. The lowest BCUT2D eigenvalue weighted by Gasteiger charge is -2.35. The first kappa shape index (κ1) is 13.0. The van der Waals surface area contributed by atoms with Gasteiger partial charge in [-0.05, 0) is 57.3 Å². The Bertz CT molecular complexity index is 160. The first-order valence-corrected chi connectivity index (χ1v) is 6.50. The first-order valence-electron chi connectivity index (χ1n) is 6.50. The molecule has 2 nitrogen and oxygen atoms in total. The van der Waals surface area contributed by atoms with Gasteiger partial charge in [-0.15, -0.1) is 0 Å². The summed E-state index contributed by atoms with van der Waals surface area (Å²) in [6, 6.07) is 0. The molecule has 1 unspecified atom stereocenters. The second-order valence-corrected chi connectivity index (χ2v) is 5.54. The standard InChI is InChI=1S/C13H28N2/c1-11(2)13-5-7-15(8-6-13)10-12(3)9-14-4/h11-14H,5-10H2,1-4H3. The topological polar surface area (TPSA) is 15.3 Å². The van der Waals surface area contributed by atoms with Gasteiger partial charge in [0.05, 0.1) is 0 Å². The van der Waals surface area contributed by atoms with E-state index >= 15 is 0 Å². The third-order valence-electron chi connectivity index (χ3n) is 3.70. The van der Waals surface area contributed by atoms with Gasteiger partial charge in [0.15, 0.2) is 0 Å². The van der Waals surface area contributed by atoms with Gasteiger partial charge in [-0.25, -0.2) is 0 Å². The molecule has 0 amide bonds. The van der Waals surface area contributed by atoms with Crippen molar-refractivity contribution < 1.29 is 0 Å². The quantitative estimate of drug-likeness (QED) is 0.751. The summed E-state index contributed by atoms with van der Waals surface area (Å²) in [7, 11) is 2.04. The molecule has 1 aliphatic heterocycles. The number of rotatable bonds is 5. The van der Waals surface area contributed by atoms with Gasteiger partial charge >= 0.3 is 0 Å². The number of nitrogens with one attached hydrogen (secondary N) is 1. The maximum absolute atomic E-state index is 3.26. The van der Waals surface area contributed by atoms with Crippen molar-refractivity contribution in [2.45, 2.75) is 33.6 Å². The fourth-order valence-electron chi connectivity index (χ4n) is 2.66. The summed E-state index contributed by atoms with van der Waals surface area (Å²) in [5, 5.41) is 3.26. The first-order chi connectivity index (χ1) is 7.13. The Hall–Kier alpha value is -0.0800. The summed E-state index contributed by atoms with van der Waals surface area (Å²) >= 11 is 0. The lowest BCUT2D eigenvalue weighted by atomic mass is 9.86. The average molecular weight is 212 g/mol. The smallest absolute Gasteiger partial charge is 0.00191 e. The summed E-state index contributed by atoms with van der Waals surface area (Å²) in [5.74, 6) is 2.63. The van der Waals surface area contributed by atoms with E-state index in [4.69, 9.17) is 0 Å². The molecular weight excluding hydrogens is 184 g/mol. The summed E-state index contributed by atoms with van der Waals surface area (Å²) in [6.07, 6.45) is 2.81. The molecule has 0 saturated carbocycles. The van der Waals surface area contributed by atoms with Crippen LogP contribution in [0.4, 0.5) is 0 Å². The zero-order valence-corrected chi connectivity index (χ0v) is 10.9. The zero-order chi connectivity index (χ0) is 11.3. The normalized spacial score (nSPS) is 22.2. The van der Waals surface area contributed by atoms with Crippen LogP contribution in [0, 0.1) is 17.8 Å². The highest BCUT2D eigenvalue weighted by atomic mass is 15.1. The number of nitrogens with zero attached hydrogens (tertiary/aromatic N) is 1. The largest absolute Gasteiger partial charge is 0.319 e. The SMILES string of the molecule is CNCC(C)CN1CCC(C(C)C)CC1. The fourth-order valence-corrected chi connectivity index (χ4v) is 2.66. The molecule has 90 valence electrons. The molecule has 0 aromatic rings. The van der Waals surface area contributed by atoms with Crippen molar-refractivity contribution in [3.05, 3.63) is 0 Å². The minimum atomic E-state index is 0.783. The van der Waals surface area contributed by atoms with Gasteiger partial charge in [-0.1, -0.05) is 20.8 Å². The van der Waals surface area contributed by atoms with Crippen molar-refractivity contribution >= 4 is 0 Å². The lowest BCUT2D eigenvalue weighted by Crippen LogP contribution is -2.39. The monoisotopic (exact) mass is 212 g/mol. The second-order valence-electron chi connectivity index (χ2n) is 5.54. The molecular formula is C13H28N2. The molecule has 1 N–H and O–H groups in total. The average Bonchev–Trinajstić information content (AvgIpc) is 2.18. The van der Waals surface area contributed by atoms with Gasteiger partial charge in [0, 0.05) is 6.54 Å². The van der Waals surface area contributed by atoms with E-state index < -0.39 is 0 Å². The Labute approximate surface area is 95.4 Å². The van der Waals surface area contributed by atoms with E-state index in [2.05, 4.69) is 31.0 Å². The molecule has 0 radical (unpaired) electrons. The fraction of sp³-hybridized carbons (Fsp3) is 1.00. The molecule has 0 spiro atoms. The number of hydrogen-bond donors (Lipinski definition) is 1. The molecule has 1 heterocycles. The van der Waals surface area contributed by atoms with Crippen LogP contribution in [0.1, 0.15) is 33.6 Å².